The number of hydrogen-bond donors (Lipinski definition) is 0. The summed E-state index contributed by atoms with van der Waals surface area (Å²) in [5.74, 6) is 1.11. The average molecular weight is 513 g/mol. The minimum Gasteiger partial charge on any atom is -0.493 e. The van der Waals surface area contributed by atoms with Crippen LogP contribution in [0, 0.1) is 0 Å². The molecule has 0 aliphatic carbocycles. The van der Waals surface area contributed by atoms with Gasteiger partial charge in [0.1, 0.15) is 10.9 Å². The molecule has 0 unspecified atom stereocenters. The van der Waals surface area contributed by atoms with E-state index < -0.39 is 0 Å². The highest BCUT2D eigenvalue weighted by molar-refractivity contribution is 9.10. The van der Waals surface area contributed by atoms with E-state index in [0.717, 1.165) is 22.0 Å². The lowest BCUT2D eigenvalue weighted by molar-refractivity contribution is -0.122. The molecule has 0 atom stereocenters. The van der Waals surface area contributed by atoms with Crippen molar-refractivity contribution in [1.82, 2.24) is 4.90 Å². The SMILES string of the molecule is CCCN1C(=O)/C(=C/c2cc(Br)c(OCc3ccc(Cl)cc3)c(OC)c2)SC1=S. The highest BCUT2D eigenvalue weighted by Gasteiger charge is 2.31. The second-order valence-electron chi connectivity index (χ2n) is 6.28. The van der Waals surface area contributed by atoms with E-state index in [9.17, 15) is 4.79 Å². The van der Waals surface area contributed by atoms with Gasteiger partial charge in [-0.15, -0.1) is 0 Å². The van der Waals surface area contributed by atoms with Gasteiger partial charge < -0.3 is 9.47 Å². The maximum atomic E-state index is 12.6. The van der Waals surface area contributed by atoms with Crippen LogP contribution < -0.4 is 9.47 Å². The zero-order valence-electron chi connectivity index (χ0n) is 15.9. The summed E-state index contributed by atoms with van der Waals surface area (Å²) in [5, 5.41) is 0.682. The summed E-state index contributed by atoms with van der Waals surface area (Å²) in [7, 11) is 1.58. The third kappa shape index (κ3) is 5.34. The highest BCUT2D eigenvalue weighted by atomic mass is 79.9. The molecule has 0 spiro atoms. The van der Waals surface area contributed by atoms with Crippen LogP contribution in [0.3, 0.4) is 0 Å². The summed E-state index contributed by atoms with van der Waals surface area (Å²) in [6.07, 6.45) is 2.68. The minimum absolute atomic E-state index is 0.0556. The number of carbonyl (C=O) groups is 1. The number of halogens is 2. The number of amides is 1. The number of methoxy groups -OCH3 is 1. The second kappa shape index (κ2) is 9.98. The van der Waals surface area contributed by atoms with Crippen LogP contribution in [0.1, 0.15) is 24.5 Å². The Morgan fingerprint density at radius 2 is 2.00 bits per heavy atom. The largest absolute Gasteiger partial charge is 0.493 e. The van der Waals surface area contributed by atoms with Crippen molar-refractivity contribution in [3.05, 3.63) is 61.9 Å². The van der Waals surface area contributed by atoms with Gasteiger partial charge >= 0.3 is 0 Å². The second-order valence-corrected chi connectivity index (χ2v) is 9.25. The fourth-order valence-electron chi connectivity index (χ4n) is 2.77. The number of hydrogen-bond acceptors (Lipinski definition) is 5. The van der Waals surface area contributed by atoms with Crippen LogP contribution in [0.4, 0.5) is 0 Å². The van der Waals surface area contributed by atoms with E-state index in [-0.39, 0.29) is 5.91 Å². The highest BCUT2D eigenvalue weighted by Crippen LogP contribution is 2.39. The van der Waals surface area contributed by atoms with Crippen molar-refractivity contribution < 1.29 is 14.3 Å². The summed E-state index contributed by atoms with van der Waals surface area (Å²) in [6.45, 7) is 3.03. The molecule has 0 radical (unpaired) electrons. The number of thioether (sulfide) groups is 1. The maximum Gasteiger partial charge on any atom is 0.266 e. The van der Waals surface area contributed by atoms with Crippen molar-refractivity contribution in [3.8, 4) is 11.5 Å². The van der Waals surface area contributed by atoms with Crippen molar-refractivity contribution in [3.63, 3.8) is 0 Å². The number of nitrogens with zero attached hydrogens (tertiary/aromatic N) is 1. The molecule has 0 bridgehead atoms. The summed E-state index contributed by atoms with van der Waals surface area (Å²) in [6, 6.07) is 11.2. The molecule has 1 fully saturated rings. The van der Waals surface area contributed by atoms with Gasteiger partial charge in [0.25, 0.3) is 5.91 Å². The van der Waals surface area contributed by atoms with Crippen LogP contribution in [0.5, 0.6) is 11.5 Å². The van der Waals surface area contributed by atoms with Crippen LogP contribution >= 0.6 is 51.5 Å². The number of benzene rings is 2. The molecule has 0 saturated carbocycles. The molecule has 1 aliphatic heterocycles. The Balaban J connectivity index is 1.82. The van der Waals surface area contributed by atoms with Crippen LogP contribution in [-0.2, 0) is 11.4 Å². The Labute approximate surface area is 193 Å². The van der Waals surface area contributed by atoms with Gasteiger partial charge in [-0.2, -0.15) is 0 Å². The van der Waals surface area contributed by atoms with E-state index in [2.05, 4.69) is 15.9 Å². The third-order valence-corrected chi connectivity index (χ3v) is 6.39. The molecular weight excluding hydrogens is 494 g/mol. The van der Waals surface area contributed by atoms with Gasteiger partial charge in [0.05, 0.1) is 16.5 Å². The number of thiocarbonyl (C=S) groups is 1. The lowest BCUT2D eigenvalue weighted by Crippen LogP contribution is -2.28. The van der Waals surface area contributed by atoms with E-state index >= 15 is 0 Å². The normalized spacial score (nSPS) is 15.3. The predicted molar refractivity (Wildman–Crippen MR) is 127 cm³/mol. The standard InChI is InChI=1S/C21H19BrClNO3S2/c1-3-8-24-20(25)18(29-21(24)28)11-14-9-16(22)19(17(10-14)26-2)27-12-13-4-6-15(23)7-5-13/h4-7,9-11H,3,8,12H2,1-2H3/b18-11-. The first-order valence-corrected chi connectivity index (χ1v) is 11.3. The molecule has 1 amide bonds. The molecule has 152 valence electrons. The van der Waals surface area contributed by atoms with Crippen molar-refractivity contribution in [1.29, 1.82) is 0 Å². The first-order chi connectivity index (χ1) is 13.9. The Hall–Kier alpha value is -1.54. The minimum atomic E-state index is -0.0556. The van der Waals surface area contributed by atoms with Crippen LogP contribution in [0.25, 0.3) is 6.08 Å². The molecular formula is C21H19BrClNO3S2. The topological polar surface area (TPSA) is 38.8 Å². The van der Waals surface area contributed by atoms with Crippen LogP contribution in [-0.4, -0.2) is 28.8 Å². The van der Waals surface area contributed by atoms with E-state index in [1.165, 1.54) is 11.8 Å². The number of carbonyl (C=O) groups excluding carboxylic acids is 1. The van der Waals surface area contributed by atoms with Crippen molar-refractivity contribution in [2.75, 3.05) is 13.7 Å². The van der Waals surface area contributed by atoms with E-state index in [4.69, 9.17) is 33.3 Å². The molecule has 1 aliphatic rings. The summed E-state index contributed by atoms with van der Waals surface area (Å²) in [5.41, 5.74) is 1.82. The fourth-order valence-corrected chi connectivity index (χ4v) is 4.78. The van der Waals surface area contributed by atoms with Crippen molar-refractivity contribution >= 4 is 67.8 Å². The molecule has 2 aromatic carbocycles. The Morgan fingerprint density at radius 3 is 2.66 bits per heavy atom. The van der Waals surface area contributed by atoms with Crippen LogP contribution in [0.2, 0.25) is 5.02 Å². The fraction of sp³-hybridized carbons (Fsp3) is 0.238. The number of rotatable bonds is 7. The first kappa shape index (κ1) is 22.2. The first-order valence-electron chi connectivity index (χ1n) is 8.93. The Morgan fingerprint density at radius 1 is 1.28 bits per heavy atom. The summed E-state index contributed by atoms with van der Waals surface area (Å²) < 4.78 is 12.8. The summed E-state index contributed by atoms with van der Waals surface area (Å²) in [4.78, 5) is 14.8. The molecule has 4 nitrogen and oxygen atoms in total. The van der Waals surface area contributed by atoms with Gasteiger partial charge in [-0.05, 0) is 63.8 Å². The van der Waals surface area contributed by atoms with Crippen LogP contribution in [0.15, 0.2) is 45.8 Å². The van der Waals surface area contributed by atoms with Gasteiger partial charge in [-0.3, -0.25) is 9.69 Å². The molecule has 29 heavy (non-hydrogen) atoms. The van der Waals surface area contributed by atoms with Crippen molar-refractivity contribution in [2.24, 2.45) is 0 Å². The van der Waals surface area contributed by atoms with E-state index in [1.54, 1.807) is 12.0 Å². The van der Waals surface area contributed by atoms with Gasteiger partial charge in [0.15, 0.2) is 11.5 Å². The smallest absolute Gasteiger partial charge is 0.266 e. The van der Waals surface area contributed by atoms with Gasteiger partial charge in [0, 0.05) is 11.6 Å². The quantitative estimate of drug-likeness (QED) is 0.321. The predicted octanol–water partition coefficient (Wildman–Crippen LogP) is 6.30. The van der Waals surface area contributed by atoms with Gasteiger partial charge in [0.2, 0.25) is 0 Å². The molecule has 1 saturated heterocycles. The molecule has 0 N–H and O–H groups in total. The Bertz CT molecular complexity index is 963. The van der Waals surface area contributed by atoms with E-state index in [0.29, 0.717) is 38.9 Å². The molecule has 1 heterocycles. The van der Waals surface area contributed by atoms with Gasteiger partial charge in [-0.1, -0.05) is 54.6 Å². The summed E-state index contributed by atoms with van der Waals surface area (Å²) >= 11 is 16.1. The average Bonchev–Trinajstić information content (AvgIpc) is 2.96. The van der Waals surface area contributed by atoms with Crippen molar-refractivity contribution in [2.45, 2.75) is 20.0 Å². The molecule has 8 heteroatoms. The lowest BCUT2D eigenvalue weighted by atomic mass is 10.1. The molecule has 2 aromatic rings. The zero-order chi connectivity index (χ0) is 21.0. The molecule has 0 aromatic heterocycles. The lowest BCUT2D eigenvalue weighted by Gasteiger charge is -2.14. The Kier molecular flexibility index (Phi) is 7.62. The third-order valence-electron chi connectivity index (χ3n) is 4.17. The number of ether oxygens (including phenoxy) is 2. The van der Waals surface area contributed by atoms with E-state index in [1.807, 2.05) is 49.4 Å². The monoisotopic (exact) mass is 511 g/mol. The zero-order valence-corrected chi connectivity index (χ0v) is 19.9. The molecule has 3 rings (SSSR count). The maximum absolute atomic E-state index is 12.6. The van der Waals surface area contributed by atoms with Gasteiger partial charge in [-0.25, -0.2) is 0 Å².